The van der Waals surface area contributed by atoms with Crippen LogP contribution in [0.4, 0.5) is 5.69 Å². The Labute approximate surface area is 127 Å². The number of rotatable bonds is 1. The van der Waals surface area contributed by atoms with Gasteiger partial charge in [0.2, 0.25) is 12.3 Å². The first-order chi connectivity index (χ1) is 10.8. The molecule has 2 aromatic rings. The van der Waals surface area contributed by atoms with E-state index in [1.807, 2.05) is 48.5 Å². The number of anilines is 1. The minimum atomic E-state index is -0.196. The molecule has 0 aromatic heterocycles. The first-order valence-corrected chi connectivity index (χ1v) is 7.19. The third kappa shape index (κ3) is 1.86. The highest BCUT2D eigenvalue weighted by atomic mass is 16.5. The van der Waals surface area contributed by atoms with Crippen molar-refractivity contribution in [1.82, 2.24) is 0 Å². The van der Waals surface area contributed by atoms with Gasteiger partial charge in [0.25, 0.3) is 5.91 Å². The van der Waals surface area contributed by atoms with Crippen molar-refractivity contribution in [1.29, 1.82) is 0 Å². The summed E-state index contributed by atoms with van der Waals surface area (Å²) >= 11 is 0. The highest BCUT2D eigenvalue weighted by Crippen LogP contribution is 2.37. The van der Waals surface area contributed by atoms with Crippen molar-refractivity contribution in [3.8, 4) is 5.75 Å². The van der Waals surface area contributed by atoms with E-state index in [2.05, 4.69) is 0 Å². The summed E-state index contributed by atoms with van der Waals surface area (Å²) < 4.78 is 6.45. The number of carbonyl (C=O) groups excluding carboxylic acids is 1. The summed E-state index contributed by atoms with van der Waals surface area (Å²) in [4.78, 5) is 14.1. The van der Waals surface area contributed by atoms with Crippen LogP contribution in [0.3, 0.4) is 0 Å². The molecule has 0 bridgehead atoms. The van der Waals surface area contributed by atoms with Crippen LogP contribution in [0.25, 0.3) is 0 Å². The van der Waals surface area contributed by atoms with Crippen LogP contribution in [0, 0.1) is 5.21 Å². The van der Waals surface area contributed by atoms with Gasteiger partial charge in [-0.05, 0) is 24.3 Å². The molecule has 0 saturated carbocycles. The maximum Gasteiger partial charge on any atom is 0.294 e. The van der Waals surface area contributed by atoms with Gasteiger partial charge in [0.15, 0.2) is 0 Å². The van der Waals surface area contributed by atoms with Crippen LogP contribution in [-0.4, -0.2) is 36.1 Å². The van der Waals surface area contributed by atoms with Crippen molar-refractivity contribution in [2.75, 3.05) is 24.6 Å². The fourth-order valence-corrected chi connectivity index (χ4v) is 3.03. The minimum Gasteiger partial charge on any atom is -0.623 e. The van der Waals surface area contributed by atoms with Crippen LogP contribution < -0.4 is 9.64 Å². The molecule has 0 unspecified atom stereocenters. The van der Waals surface area contributed by atoms with Gasteiger partial charge >= 0.3 is 0 Å². The average molecular weight is 294 g/mol. The fourth-order valence-electron chi connectivity index (χ4n) is 3.03. The van der Waals surface area contributed by atoms with Gasteiger partial charge in [-0.15, -0.1) is 0 Å². The Morgan fingerprint density at radius 2 is 1.91 bits per heavy atom. The minimum absolute atomic E-state index is 0.182. The van der Waals surface area contributed by atoms with E-state index >= 15 is 0 Å². The maximum atomic E-state index is 12.6. The van der Waals surface area contributed by atoms with Gasteiger partial charge in [0.1, 0.15) is 18.0 Å². The summed E-state index contributed by atoms with van der Waals surface area (Å²) in [5.41, 5.74) is 2.75. The molecule has 2 aliphatic heterocycles. The quantitative estimate of drug-likeness (QED) is 0.595. The molecule has 4 rings (SSSR count). The molecule has 0 saturated heterocycles. The number of amides is 1. The zero-order chi connectivity index (χ0) is 15.1. The van der Waals surface area contributed by atoms with Crippen molar-refractivity contribution in [3.05, 3.63) is 64.9 Å². The standard InChI is InChI=1S/C17H14N2O3/c20-15-11-19(21)16(12-5-2-1-3-6-12)13-7-4-8-14-17(13)18(15)9-10-22-14/h1-8H,9-11H2. The van der Waals surface area contributed by atoms with Crippen molar-refractivity contribution >= 4 is 17.3 Å². The Bertz CT molecular complexity index is 784. The molecule has 110 valence electrons. The lowest BCUT2D eigenvalue weighted by atomic mass is 9.99. The number of benzene rings is 2. The lowest BCUT2D eigenvalue weighted by molar-refractivity contribution is -0.443. The van der Waals surface area contributed by atoms with Crippen LogP contribution >= 0.6 is 0 Å². The Morgan fingerprint density at radius 3 is 2.73 bits per heavy atom. The van der Waals surface area contributed by atoms with Crippen molar-refractivity contribution in [2.24, 2.45) is 0 Å². The van der Waals surface area contributed by atoms with Crippen molar-refractivity contribution in [2.45, 2.75) is 0 Å². The maximum absolute atomic E-state index is 12.6. The lowest BCUT2D eigenvalue weighted by Crippen LogP contribution is -2.40. The van der Waals surface area contributed by atoms with E-state index in [0.29, 0.717) is 30.3 Å². The van der Waals surface area contributed by atoms with Crippen molar-refractivity contribution < 1.29 is 14.3 Å². The van der Waals surface area contributed by atoms with Crippen LogP contribution in [-0.2, 0) is 4.79 Å². The SMILES string of the molecule is O=C1C[N+]([O-])=C(c2ccccc2)c2cccc3c2N1CCO3. The summed E-state index contributed by atoms with van der Waals surface area (Å²) in [6.07, 6.45) is 0. The molecule has 0 spiro atoms. The lowest BCUT2D eigenvalue weighted by Gasteiger charge is -2.28. The first-order valence-electron chi connectivity index (χ1n) is 7.19. The topological polar surface area (TPSA) is 55.6 Å². The van der Waals surface area contributed by atoms with Gasteiger partial charge in [0.05, 0.1) is 12.1 Å². The van der Waals surface area contributed by atoms with Gasteiger partial charge in [0, 0.05) is 5.56 Å². The summed E-state index contributed by atoms with van der Waals surface area (Å²) in [5, 5.41) is 12.6. The second-order valence-electron chi connectivity index (χ2n) is 5.30. The normalized spacial score (nSPS) is 16.9. The molecule has 0 fully saturated rings. The molecular weight excluding hydrogens is 280 g/mol. The highest BCUT2D eigenvalue weighted by Gasteiger charge is 2.35. The van der Waals surface area contributed by atoms with E-state index in [9.17, 15) is 10.0 Å². The number of ether oxygens (including phenoxy) is 1. The molecule has 5 heteroatoms. The molecule has 2 aliphatic rings. The van der Waals surface area contributed by atoms with Gasteiger partial charge in [-0.3, -0.25) is 9.69 Å². The number of hydrogen-bond acceptors (Lipinski definition) is 3. The molecule has 22 heavy (non-hydrogen) atoms. The second kappa shape index (κ2) is 4.87. The predicted molar refractivity (Wildman–Crippen MR) is 82.4 cm³/mol. The second-order valence-corrected chi connectivity index (χ2v) is 5.30. The molecule has 2 aromatic carbocycles. The molecule has 0 N–H and O–H groups in total. The van der Waals surface area contributed by atoms with Crippen LogP contribution in [0.2, 0.25) is 0 Å². The van der Waals surface area contributed by atoms with Crippen LogP contribution in [0.1, 0.15) is 11.1 Å². The van der Waals surface area contributed by atoms with E-state index in [1.54, 1.807) is 4.90 Å². The Balaban J connectivity index is 2.02. The van der Waals surface area contributed by atoms with Crippen LogP contribution in [0.5, 0.6) is 5.75 Å². The van der Waals surface area contributed by atoms with Gasteiger partial charge in [-0.1, -0.05) is 24.3 Å². The summed E-state index contributed by atoms with van der Waals surface area (Å²) in [6, 6.07) is 15.0. The third-order valence-corrected chi connectivity index (χ3v) is 3.97. The number of nitrogens with zero attached hydrogens (tertiary/aromatic N) is 2. The van der Waals surface area contributed by atoms with E-state index in [4.69, 9.17) is 4.74 Å². The van der Waals surface area contributed by atoms with E-state index in [-0.39, 0.29) is 12.5 Å². The number of hydroxylamine groups is 1. The Hall–Kier alpha value is -2.82. The molecule has 0 atom stereocenters. The molecule has 5 nitrogen and oxygen atoms in total. The van der Waals surface area contributed by atoms with Gasteiger partial charge in [-0.25, -0.2) is 0 Å². The number of carbonyl (C=O) groups is 1. The van der Waals surface area contributed by atoms with Gasteiger partial charge < -0.3 is 9.94 Å². The Kier molecular flexibility index (Phi) is 2.85. The fraction of sp³-hybridized carbons (Fsp3) is 0.176. The Morgan fingerprint density at radius 1 is 1.09 bits per heavy atom. The third-order valence-electron chi connectivity index (χ3n) is 3.97. The summed E-state index contributed by atoms with van der Waals surface area (Å²) in [7, 11) is 0. The molecule has 2 heterocycles. The summed E-state index contributed by atoms with van der Waals surface area (Å²) in [5.74, 6) is 0.457. The predicted octanol–water partition coefficient (Wildman–Crippen LogP) is 1.77. The zero-order valence-electron chi connectivity index (χ0n) is 11.9. The average Bonchev–Trinajstić information content (AvgIpc) is 2.65. The van der Waals surface area contributed by atoms with Crippen LogP contribution in [0.15, 0.2) is 48.5 Å². The highest BCUT2D eigenvalue weighted by molar-refractivity contribution is 6.17. The number of para-hydroxylation sites is 1. The zero-order valence-corrected chi connectivity index (χ0v) is 11.9. The van der Waals surface area contributed by atoms with E-state index < -0.39 is 0 Å². The van der Waals surface area contributed by atoms with E-state index in [1.165, 1.54) is 0 Å². The molecule has 0 aliphatic carbocycles. The molecule has 1 amide bonds. The number of hydrogen-bond donors (Lipinski definition) is 0. The molecule has 0 radical (unpaired) electrons. The van der Waals surface area contributed by atoms with E-state index in [0.717, 1.165) is 15.9 Å². The van der Waals surface area contributed by atoms with Crippen molar-refractivity contribution in [3.63, 3.8) is 0 Å². The summed E-state index contributed by atoms with van der Waals surface area (Å²) in [6.45, 7) is 0.735. The monoisotopic (exact) mass is 294 g/mol. The molecular formula is C17H14N2O3. The van der Waals surface area contributed by atoms with Gasteiger partial charge in [-0.2, -0.15) is 4.74 Å². The smallest absolute Gasteiger partial charge is 0.294 e. The first kappa shape index (κ1) is 12.9. The largest absolute Gasteiger partial charge is 0.623 e.